The minimum Gasteiger partial charge on any atom is -0.458 e. The van der Waals surface area contributed by atoms with Crippen molar-refractivity contribution in [2.75, 3.05) is 9.80 Å². The molecule has 0 unspecified atom stereocenters. The van der Waals surface area contributed by atoms with E-state index in [1.165, 1.54) is 32.7 Å². The highest BCUT2D eigenvalue weighted by molar-refractivity contribution is 6.99. The minimum atomic E-state index is -0.0673. The van der Waals surface area contributed by atoms with Crippen molar-refractivity contribution in [1.29, 1.82) is 0 Å². The molecule has 0 aliphatic carbocycles. The molecule has 2 aliphatic heterocycles. The number of fused-ring (bicyclic) bond motifs is 9. The van der Waals surface area contributed by atoms with Gasteiger partial charge in [0.1, 0.15) is 11.5 Å². The molecule has 290 valence electrons. The first-order valence-corrected chi connectivity index (χ1v) is 21.2. The van der Waals surface area contributed by atoms with Gasteiger partial charge in [0, 0.05) is 51.0 Å². The van der Waals surface area contributed by atoms with Crippen LogP contribution < -0.4 is 30.9 Å². The zero-order valence-corrected chi connectivity index (χ0v) is 33.6. The molecule has 5 nitrogen and oxygen atoms in total. The summed E-state index contributed by atoms with van der Waals surface area (Å²) < 4.78 is 12.1. The molecule has 11 aromatic rings. The van der Waals surface area contributed by atoms with E-state index in [2.05, 4.69) is 243 Å². The van der Waals surface area contributed by atoms with E-state index in [0.717, 1.165) is 73.5 Å². The topological polar surface area (TPSA) is 25.6 Å². The summed E-state index contributed by atoms with van der Waals surface area (Å²) in [6.07, 6.45) is 0. The number of hydrogen-bond acceptors (Lipinski definition) is 3. The van der Waals surface area contributed by atoms with Gasteiger partial charge >= 0.3 is 0 Å². The lowest BCUT2D eigenvalue weighted by Gasteiger charge is -2.36. The zero-order valence-electron chi connectivity index (χ0n) is 33.6. The van der Waals surface area contributed by atoms with Gasteiger partial charge in [-0.15, -0.1) is 0 Å². The fourth-order valence-electron chi connectivity index (χ4n) is 10.2. The lowest BCUT2D eigenvalue weighted by atomic mass is 9.34. The maximum Gasteiger partial charge on any atom is 0.256 e. The zero-order chi connectivity index (χ0) is 40.7. The SMILES string of the molecule is c1ccc(N(c2ccccc2)c2cc3c4c(c2)-n2c5c(ccc(N(c6ccccc6)c6ccccc6)c5c5c2c2ccccc2n5-c2ccccc2)B4c2ccccc2O3)cc1. The van der Waals surface area contributed by atoms with Gasteiger partial charge < -0.3 is 23.7 Å². The van der Waals surface area contributed by atoms with Gasteiger partial charge in [0.2, 0.25) is 0 Å². The molecule has 0 fully saturated rings. The Hall–Kier alpha value is -8.22. The molecule has 0 atom stereocenters. The fraction of sp³-hybridized carbons (Fsp3) is 0. The number of nitrogens with zero attached hydrogens (tertiary/aromatic N) is 4. The Morgan fingerprint density at radius 3 is 1.58 bits per heavy atom. The maximum absolute atomic E-state index is 7.07. The molecule has 62 heavy (non-hydrogen) atoms. The van der Waals surface area contributed by atoms with Crippen LogP contribution in [-0.2, 0) is 0 Å². The second kappa shape index (κ2) is 13.7. The Morgan fingerprint density at radius 1 is 0.387 bits per heavy atom. The summed E-state index contributed by atoms with van der Waals surface area (Å²) in [6.45, 7) is -0.0673. The highest BCUT2D eigenvalue weighted by atomic mass is 16.5. The van der Waals surface area contributed by atoms with E-state index in [-0.39, 0.29) is 6.71 Å². The Morgan fingerprint density at radius 2 is 0.935 bits per heavy atom. The predicted molar refractivity (Wildman–Crippen MR) is 258 cm³/mol. The summed E-state index contributed by atoms with van der Waals surface area (Å²) in [5, 5.41) is 2.37. The molecule has 0 saturated heterocycles. The van der Waals surface area contributed by atoms with Gasteiger partial charge in [-0.3, -0.25) is 0 Å². The molecule has 0 N–H and O–H groups in total. The van der Waals surface area contributed by atoms with Crippen LogP contribution in [-0.4, -0.2) is 15.8 Å². The Labute approximate surface area is 359 Å². The van der Waals surface area contributed by atoms with Crippen LogP contribution >= 0.6 is 0 Å². The van der Waals surface area contributed by atoms with Crippen molar-refractivity contribution in [3.63, 3.8) is 0 Å². The largest absolute Gasteiger partial charge is 0.458 e. The first kappa shape index (κ1) is 34.6. The van der Waals surface area contributed by atoms with Crippen LogP contribution in [0.15, 0.2) is 224 Å². The summed E-state index contributed by atoms with van der Waals surface area (Å²) in [4.78, 5) is 4.77. The molecule has 0 spiro atoms. The van der Waals surface area contributed by atoms with Gasteiger partial charge in [0.25, 0.3) is 6.71 Å². The second-order valence-electron chi connectivity index (χ2n) is 16.1. The Bertz CT molecular complexity index is 3420. The van der Waals surface area contributed by atoms with Gasteiger partial charge in [0.15, 0.2) is 0 Å². The van der Waals surface area contributed by atoms with Crippen LogP contribution in [0, 0.1) is 0 Å². The van der Waals surface area contributed by atoms with Crippen LogP contribution in [0.1, 0.15) is 0 Å². The first-order valence-electron chi connectivity index (χ1n) is 21.2. The highest BCUT2D eigenvalue weighted by Gasteiger charge is 2.43. The van der Waals surface area contributed by atoms with Crippen molar-refractivity contribution in [3.05, 3.63) is 224 Å². The first-order chi connectivity index (χ1) is 30.8. The molecular formula is C56H37BN4O. The van der Waals surface area contributed by atoms with Crippen molar-refractivity contribution in [2.45, 2.75) is 0 Å². The van der Waals surface area contributed by atoms with E-state index in [1.54, 1.807) is 0 Å². The van der Waals surface area contributed by atoms with Crippen LogP contribution in [0.5, 0.6) is 11.5 Å². The van der Waals surface area contributed by atoms with Gasteiger partial charge in [-0.2, -0.15) is 0 Å². The van der Waals surface area contributed by atoms with Crippen LogP contribution in [0.2, 0.25) is 0 Å². The van der Waals surface area contributed by atoms with E-state index >= 15 is 0 Å². The fourth-order valence-corrected chi connectivity index (χ4v) is 10.2. The van der Waals surface area contributed by atoms with Gasteiger partial charge in [-0.25, -0.2) is 0 Å². The monoisotopic (exact) mass is 792 g/mol. The summed E-state index contributed by atoms with van der Waals surface area (Å²) in [5.74, 6) is 1.75. The number of hydrogen-bond donors (Lipinski definition) is 0. The molecule has 2 aliphatic rings. The van der Waals surface area contributed by atoms with Gasteiger partial charge in [-0.1, -0.05) is 133 Å². The van der Waals surface area contributed by atoms with E-state index in [1.807, 2.05) is 0 Å². The van der Waals surface area contributed by atoms with Gasteiger partial charge in [0.05, 0.1) is 33.4 Å². The third kappa shape index (κ3) is 5.04. The normalized spacial score (nSPS) is 12.3. The van der Waals surface area contributed by atoms with E-state index < -0.39 is 0 Å². The predicted octanol–water partition coefficient (Wildman–Crippen LogP) is 12.6. The average Bonchev–Trinajstić information content (AvgIpc) is 3.86. The highest BCUT2D eigenvalue weighted by Crippen LogP contribution is 2.49. The Kier molecular flexibility index (Phi) is 7.63. The van der Waals surface area contributed by atoms with Crippen molar-refractivity contribution >= 4 is 90.1 Å². The smallest absolute Gasteiger partial charge is 0.256 e. The number of aromatic nitrogens is 2. The Balaban J connectivity index is 1.23. The lowest BCUT2D eigenvalue weighted by Crippen LogP contribution is -2.58. The molecule has 0 bridgehead atoms. The van der Waals surface area contributed by atoms with Crippen LogP contribution in [0.25, 0.3) is 44.2 Å². The number of anilines is 6. The maximum atomic E-state index is 7.07. The quantitative estimate of drug-likeness (QED) is 0.150. The van der Waals surface area contributed by atoms with Crippen LogP contribution in [0.4, 0.5) is 34.1 Å². The third-order valence-electron chi connectivity index (χ3n) is 12.7. The molecule has 0 saturated carbocycles. The van der Waals surface area contributed by atoms with E-state index in [4.69, 9.17) is 4.74 Å². The lowest BCUT2D eigenvalue weighted by molar-refractivity contribution is 0.487. The van der Waals surface area contributed by atoms with E-state index in [0.29, 0.717) is 0 Å². The van der Waals surface area contributed by atoms with Crippen molar-refractivity contribution < 1.29 is 4.74 Å². The standard InChI is InChI=1S/C56H37BN4O/c1-6-20-38(21-7-1)58(39-22-8-2-9-23-39)43-36-49-53-51(37-43)62-50-33-19-17-31-45(50)57(53)46-34-35-48(59(40-24-10-3-11-25-40)41-26-12-4-13-27-41)52-55(46)61(49)54-44-30-16-18-32-47(44)60(56(52)54)42-28-14-5-15-29-42/h1-37H. The van der Waals surface area contributed by atoms with Crippen molar-refractivity contribution in [1.82, 2.24) is 9.13 Å². The molecule has 9 aromatic carbocycles. The number of benzene rings is 9. The van der Waals surface area contributed by atoms with Crippen molar-refractivity contribution in [2.24, 2.45) is 0 Å². The van der Waals surface area contributed by atoms with Crippen LogP contribution in [0.3, 0.4) is 0 Å². The summed E-state index contributed by atoms with van der Waals surface area (Å²) in [6, 6.07) is 80.6. The number of ether oxygens (including phenoxy) is 1. The van der Waals surface area contributed by atoms with Crippen molar-refractivity contribution in [3.8, 4) is 22.9 Å². The number of rotatable bonds is 7. The molecule has 13 rings (SSSR count). The molecule has 6 heteroatoms. The summed E-state index contributed by atoms with van der Waals surface area (Å²) in [7, 11) is 0. The third-order valence-corrected chi connectivity index (χ3v) is 12.7. The molecule has 0 amide bonds. The summed E-state index contributed by atoms with van der Waals surface area (Å²) in [5.41, 5.74) is 17.0. The molecular weight excluding hydrogens is 755 g/mol. The molecule has 2 aromatic heterocycles. The van der Waals surface area contributed by atoms with Gasteiger partial charge in [-0.05, 0) is 101 Å². The number of para-hydroxylation sites is 7. The molecule has 4 heterocycles. The van der Waals surface area contributed by atoms with E-state index in [9.17, 15) is 0 Å². The minimum absolute atomic E-state index is 0.0673. The molecule has 0 radical (unpaired) electrons. The average molecular weight is 793 g/mol. The second-order valence-corrected chi connectivity index (χ2v) is 16.1. The summed E-state index contributed by atoms with van der Waals surface area (Å²) >= 11 is 0.